The Balaban J connectivity index is 2.72. The minimum Gasteiger partial charge on any atom is -0.396 e. The highest BCUT2D eigenvalue weighted by Crippen LogP contribution is 2.22. The summed E-state index contributed by atoms with van der Waals surface area (Å²) in [6.45, 7) is 7.98. The Morgan fingerprint density at radius 3 is 2.26 bits per heavy atom. The number of ether oxygens (including phenoxy) is 2. The molecule has 0 radical (unpaired) electrons. The number of halogens is 1. The van der Waals surface area contributed by atoms with E-state index in [0.717, 1.165) is 0 Å². The van der Waals surface area contributed by atoms with Gasteiger partial charge in [0, 0.05) is 26.3 Å². The Kier molecular flexibility index (Phi) is 7.55. The normalized spacial score (nSPS) is 10.7. The molecule has 0 amide bonds. The number of anilines is 2. The molecule has 0 spiro atoms. The lowest BCUT2D eigenvalue weighted by molar-refractivity contribution is 0.141. The molecule has 2 N–H and O–H groups in total. The van der Waals surface area contributed by atoms with Gasteiger partial charge in [-0.25, -0.2) is 4.98 Å². The average molecular weight is 288 g/mol. The zero-order chi connectivity index (χ0) is 14.1. The maximum absolute atomic E-state index is 5.95. The van der Waals surface area contributed by atoms with E-state index in [0.29, 0.717) is 56.2 Å². The summed E-state index contributed by atoms with van der Waals surface area (Å²) in [7, 11) is 0. The van der Waals surface area contributed by atoms with Crippen LogP contribution in [0.2, 0.25) is 5.15 Å². The van der Waals surface area contributed by atoms with E-state index in [2.05, 4.69) is 4.98 Å². The van der Waals surface area contributed by atoms with Gasteiger partial charge in [-0.05, 0) is 26.0 Å². The van der Waals surface area contributed by atoms with Crippen LogP contribution in [-0.2, 0) is 9.47 Å². The predicted octanol–water partition coefficient (Wildman–Crippen LogP) is 2.20. The first-order chi connectivity index (χ1) is 9.19. The summed E-state index contributed by atoms with van der Waals surface area (Å²) < 4.78 is 10.8. The van der Waals surface area contributed by atoms with E-state index in [9.17, 15) is 0 Å². The monoisotopic (exact) mass is 287 g/mol. The van der Waals surface area contributed by atoms with Crippen LogP contribution in [0.3, 0.4) is 0 Å². The van der Waals surface area contributed by atoms with Crippen molar-refractivity contribution in [2.24, 2.45) is 0 Å². The number of rotatable bonds is 9. The van der Waals surface area contributed by atoms with E-state index in [-0.39, 0.29) is 0 Å². The maximum Gasteiger partial charge on any atom is 0.153 e. The molecular weight excluding hydrogens is 266 g/mol. The van der Waals surface area contributed by atoms with Crippen LogP contribution in [0.5, 0.6) is 0 Å². The summed E-state index contributed by atoms with van der Waals surface area (Å²) in [6, 6.07) is 3.45. The van der Waals surface area contributed by atoms with Crippen LogP contribution >= 0.6 is 11.6 Å². The smallest absolute Gasteiger partial charge is 0.153 e. The van der Waals surface area contributed by atoms with Crippen LogP contribution in [0.15, 0.2) is 12.1 Å². The van der Waals surface area contributed by atoms with Gasteiger partial charge in [0.05, 0.1) is 18.9 Å². The van der Waals surface area contributed by atoms with Crippen molar-refractivity contribution in [3.63, 3.8) is 0 Å². The highest BCUT2D eigenvalue weighted by Gasteiger charge is 2.12. The van der Waals surface area contributed by atoms with Gasteiger partial charge in [-0.1, -0.05) is 11.6 Å². The van der Waals surface area contributed by atoms with Gasteiger partial charge in [0.25, 0.3) is 0 Å². The van der Waals surface area contributed by atoms with E-state index in [1.807, 2.05) is 18.7 Å². The van der Waals surface area contributed by atoms with Crippen molar-refractivity contribution >= 4 is 23.1 Å². The lowest BCUT2D eigenvalue weighted by atomic mass is 10.3. The van der Waals surface area contributed by atoms with Crippen molar-refractivity contribution in [2.75, 3.05) is 50.2 Å². The van der Waals surface area contributed by atoms with Crippen LogP contribution in [-0.4, -0.2) is 44.5 Å². The third-order valence-corrected chi connectivity index (χ3v) is 2.80. The molecule has 0 bridgehead atoms. The van der Waals surface area contributed by atoms with Gasteiger partial charge < -0.3 is 20.1 Å². The van der Waals surface area contributed by atoms with Crippen molar-refractivity contribution in [1.29, 1.82) is 0 Å². The minimum absolute atomic E-state index is 0.432. The molecule has 0 aliphatic heterocycles. The Morgan fingerprint density at radius 1 is 1.16 bits per heavy atom. The predicted molar refractivity (Wildman–Crippen MR) is 78.9 cm³/mol. The fourth-order valence-corrected chi connectivity index (χ4v) is 1.79. The van der Waals surface area contributed by atoms with Crippen molar-refractivity contribution in [3.05, 3.63) is 17.3 Å². The molecule has 1 heterocycles. The molecule has 1 aromatic rings. The molecule has 1 aromatic heterocycles. The number of hydrogen-bond acceptors (Lipinski definition) is 5. The highest BCUT2D eigenvalue weighted by atomic mass is 35.5. The molecule has 1 rings (SSSR count). The molecule has 6 heteroatoms. The summed E-state index contributed by atoms with van der Waals surface area (Å²) in [6.07, 6.45) is 0. The molecule has 108 valence electrons. The fourth-order valence-electron chi connectivity index (χ4n) is 1.65. The second-order valence-electron chi connectivity index (χ2n) is 3.93. The van der Waals surface area contributed by atoms with E-state index in [1.54, 1.807) is 12.1 Å². The molecule has 0 fully saturated rings. The zero-order valence-corrected chi connectivity index (χ0v) is 12.3. The van der Waals surface area contributed by atoms with Crippen molar-refractivity contribution in [2.45, 2.75) is 13.8 Å². The summed E-state index contributed by atoms with van der Waals surface area (Å²) in [4.78, 5) is 6.32. The van der Waals surface area contributed by atoms with Crippen LogP contribution in [0.1, 0.15) is 13.8 Å². The quantitative estimate of drug-likeness (QED) is 0.557. The first-order valence-electron chi connectivity index (χ1n) is 6.51. The second kappa shape index (κ2) is 8.96. The molecule has 0 aromatic carbocycles. The third kappa shape index (κ3) is 5.63. The summed E-state index contributed by atoms with van der Waals surface area (Å²) in [5.41, 5.74) is 6.56. The van der Waals surface area contributed by atoms with Gasteiger partial charge >= 0.3 is 0 Å². The lowest BCUT2D eigenvalue weighted by Crippen LogP contribution is -2.32. The first-order valence-corrected chi connectivity index (χ1v) is 6.89. The molecule has 0 saturated heterocycles. The van der Waals surface area contributed by atoms with Crippen LogP contribution in [0.4, 0.5) is 11.5 Å². The van der Waals surface area contributed by atoms with Crippen LogP contribution < -0.4 is 10.6 Å². The van der Waals surface area contributed by atoms with Gasteiger partial charge in [-0.3, -0.25) is 0 Å². The fraction of sp³-hybridized carbons (Fsp3) is 0.615. The zero-order valence-electron chi connectivity index (χ0n) is 11.6. The van der Waals surface area contributed by atoms with Crippen molar-refractivity contribution in [1.82, 2.24) is 4.98 Å². The SMILES string of the molecule is CCOCCN(CCOCC)c1nc(Cl)ccc1N. The Hall–Kier alpha value is -1.04. The van der Waals surface area contributed by atoms with E-state index in [1.165, 1.54) is 0 Å². The minimum atomic E-state index is 0.432. The van der Waals surface area contributed by atoms with Gasteiger partial charge in [0.2, 0.25) is 0 Å². The highest BCUT2D eigenvalue weighted by molar-refractivity contribution is 6.29. The Labute approximate surface area is 119 Å². The van der Waals surface area contributed by atoms with Gasteiger partial charge in [-0.2, -0.15) is 0 Å². The average Bonchev–Trinajstić information content (AvgIpc) is 2.40. The molecule has 5 nitrogen and oxygen atoms in total. The number of nitrogen functional groups attached to an aromatic ring is 1. The maximum atomic E-state index is 5.95. The Bertz CT molecular complexity index is 367. The molecule has 0 saturated carbocycles. The summed E-state index contributed by atoms with van der Waals surface area (Å²) in [5, 5.41) is 0.432. The number of hydrogen-bond donors (Lipinski definition) is 1. The number of nitrogens with two attached hydrogens (primary N) is 1. The standard InChI is InChI=1S/C13H22ClN3O2/c1-3-18-9-7-17(8-10-19-4-2)13-11(15)5-6-12(14)16-13/h5-6H,3-4,7-10,15H2,1-2H3. The summed E-state index contributed by atoms with van der Waals surface area (Å²) in [5.74, 6) is 0.687. The first kappa shape index (κ1) is 16.0. The molecule has 0 atom stereocenters. The van der Waals surface area contributed by atoms with Crippen LogP contribution in [0.25, 0.3) is 0 Å². The molecule has 19 heavy (non-hydrogen) atoms. The van der Waals surface area contributed by atoms with Gasteiger partial charge in [0.15, 0.2) is 5.82 Å². The van der Waals surface area contributed by atoms with Crippen molar-refractivity contribution in [3.8, 4) is 0 Å². The number of pyridine rings is 1. The second-order valence-corrected chi connectivity index (χ2v) is 4.31. The van der Waals surface area contributed by atoms with E-state index < -0.39 is 0 Å². The third-order valence-electron chi connectivity index (χ3n) is 2.59. The Morgan fingerprint density at radius 2 is 1.74 bits per heavy atom. The molecule has 0 aliphatic carbocycles. The van der Waals surface area contributed by atoms with E-state index in [4.69, 9.17) is 26.8 Å². The largest absolute Gasteiger partial charge is 0.396 e. The molecule has 0 unspecified atom stereocenters. The van der Waals surface area contributed by atoms with Crippen molar-refractivity contribution < 1.29 is 9.47 Å². The van der Waals surface area contributed by atoms with Crippen LogP contribution in [0, 0.1) is 0 Å². The molecule has 0 aliphatic rings. The lowest BCUT2D eigenvalue weighted by Gasteiger charge is -2.24. The number of nitrogens with zero attached hydrogens (tertiary/aromatic N) is 2. The summed E-state index contributed by atoms with van der Waals surface area (Å²) >= 11 is 5.93. The molecular formula is C13H22ClN3O2. The number of aromatic nitrogens is 1. The van der Waals surface area contributed by atoms with Gasteiger partial charge in [0.1, 0.15) is 5.15 Å². The van der Waals surface area contributed by atoms with Gasteiger partial charge in [-0.15, -0.1) is 0 Å². The van der Waals surface area contributed by atoms with E-state index >= 15 is 0 Å². The topological polar surface area (TPSA) is 60.6 Å².